The third-order valence-electron chi connectivity index (χ3n) is 3.46. The fourth-order valence-electron chi connectivity index (χ4n) is 2.17. The lowest BCUT2D eigenvalue weighted by atomic mass is 10.2. The summed E-state index contributed by atoms with van der Waals surface area (Å²) in [6.07, 6.45) is 2.31. The molecular formula is C14H24N2O2S3. The predicted octanol–water partition coefficient (Wildman–Crippen LogP) is 2.73. The number of sulfonamides is 1. The number of hydrogen-bond donors (Lipinski definition) is 2. The van der Waals surface area contributed by atoms with E-state index in [2.05, 4.69) is 23.9 Å². The Morgan fingerprint density at radius 2 is 2.19 bits per heavy atom. The Kier molecular flexibility index (Phi) is 6.14. The highest BCUT2D eigenvalue weighted by Crippen LogP contribution is 2.28. The number of thiophene rings is 1. The van der Waals surface area contributed by atoms with Crippen molar-refractivity contribution in [2.75, 3.05) is 12.3 Å². The van der Waals surface area contributed by atoms with Gasteiger partial charge in [-0.05, 0) is 37.1 Å². The molecule has 2 N–H and O–H groups in total. The second kappa shape index (κ2) is 7.46. The summed E-state index contributed by atoms with van der Waals surface area (Å²) in [6, 6.07) is 2.18. The predicted molar refractivity (Wildman–Crippen MR) is 91.7 cm³/mol. The number of thioether (sulfide) groups is 1. The number of aryl methyl sites for hydroxylation is 1. The van der Waals surface area contributed by atoms with E-state index in [4.69, 9.17) is 0 Å². The first-order valence-electron chi connectivity index (χ1n) is 7.32. The Morgan fingerprint density at radius 1 is 1.43 bits per heavy atom. The molecule has 0 amide bonds. The zero-order chi connectivity index (χ0) is 15.5. The molecule has 1 aromatic rings. The van der Waals surface area contributed by atoms with Crippen molar-refractivity contribution in [3.05, 3.63) is 16.5 Å². The van der Waals surface area contributed by atoms with Crippen LogP contribution in [0.15, 0.2) is 10.3 Å². The van der Waals surface area contributed by atoms with Crippen molar-refractivity contribution < 1.29 is 8.42 Å². The van der Waals surface area contributed by atoms with Gasteiger partial charge in [-0.25, -0.2) is 13.1 Å². The minimum absolute atomic E-state index is 0.393. The average molecular weight is 349 g/mol. The van der Waals surface area contributed by atoms with Crippen LogP contribution in [0.4, 0.5) is 0 Å². The van der Waals surface area contributed by atoms with Crippen LogP contribution in [-0.2, 0) is 16.6 Å². The third kappa shape index (κ3) is 4.96. The SMILES string of the molecule is Cc1cc(S(=O)(=O)NCC2CCCS2)sc1CNC(C)C. The highest BCUT2D eigenvalue weighted by atomic mass is 32.2. The molecule has 1 fully saturated rings. The van der Waals surface area contributed by atoms with Crippen molar-refractivity contribution in [1.82, 2.24) is 10.0 Å². The first-order valence-corrected chi connectivity index (χ1v) is 10.7. The van der Waals surface area contributed by atoms with Gasteiger partial charge in [0.25, 0.3) is 0 Å². The highest BCUT2D eigenvalue weighted by molar-refractivity contribution is 8.00. The van der Waals surface area contributed by atoms with Crippen LogP contribution < -0.4 is 10.0 Å². The van der Waals surface area contributed by atoms with Crippen LogP contribution in [-0.4, -0.2) is 32.0 Å². The molecule has 0 saturated carbocycles. The molecule has 2 rings (SSSR count). The van der Waals surface area contributed by atoms with E-state index in [-0.39, 0.29) is 0 Å². The maximum absolute atomic E-state index is 12.4. The molecule has 21 heavy (non-hydrogen) atoms. The molecule has 0 aromatic carbocycles. The van der Waals surface area contributed by atoms with E-state index in [1.54, 1.807) is 6.07 Å². The van der Waals surface area contributed by atoms with E-state index >= 15 is 0 Å². The summed E-state index contributed by atoms with van der Waals surface area (Å²) in [5, 5.41) is 3.77. The summed E-state index contributed by atoms with van der Waals surface area (Å²) >= 11 is 3.24. The normalized spacial score (nSPS) is 19.5. The smallest absolute Gasteiger partial charge is 0.250 e. The summed E-state index contributed by atoms with van der Waals surface area (Å²) < 4.78 is 27.9. The summed E-state index contributed by atoms with van der Waals surface area (Å²) in [5.41, 5.74) is 1.05. The lowest BCUT2D eigenvalue weighted by Gasteiger charge is -2.09. The summed E-state index contributed by atoms with van der Waals surface area (Å²) in [4.78, 5) is 1.10. The molecule has 1 aliphatic rings. The van der Waals surface area contributed by atoms with Gasteiger partial charge in [-0.3, -0.25) is 0 Å². The minimum Gasteiger partial charge on any atom is -0.310 e. The molecule has 1 unspecified atom stereocenters. The molecule has 0 aliphatic carbocycles. The van der Waals surface area contributed by atoms with Gasteiger partial charge in [-0.15, -0.1) is 11.3 Å². The molecule has 1 aliphatic heterocycles. The van der Waals surface area contributed by atoms with Crippen molar-refractivity contribution in [2.24, 2.45) is 0 Å². The van der Waals surface area contributed by atoms with Crippen molar-refractivity contribution >= 4 is 33.1 Å². The Morgan fingerprint density at radius 3 is 2.81 bits per heavy atom. The van der Waals surface area contributed by atoms with Crippen molar-refractivity contribution in [3.8, 4) is 0 Å². The fraction of sp³-hybridized carbons (Fsp3) is 0.714. The topological polar surface area (TPSA) is 58.2 Å². The van der Waals surface area contributed by atoms with Gasteiger partial charge < -0.3 is 5.32 Å². The average Bonchev–Trinajstić information content (AvgIpc) is 3.04. The standard InChI is InChI=1S/C14H24N2O2S3/c1-10(2)15-9-13-11(3)7-14(20-13)21(17,18)16-8-12-5-4-6-19-12/h7,10,12,15-16H,4-6,8-9H2,1-3H3. The third-order valence-corrected chi connectivity index (χ3v) is 7.99. The van der Waals surface area contributed by atoms with Gasteiger partial charge in [0, 0.05) is 29.3 Å². The number of rotatable bonds is 7. The Balaban J connectivity index is 2.00. The van der Waals surface area contributed by atoms with Crippen molar-refractivity contribution in [3.63, 3.8) is 0 Å². The monoisotopic (exact) mass is 348 g/mol. The number of nitrogens with one attached hydrogen (secondary N) is 2. The highest BCUT2D eigenvalue weighted by Gasteiger charge is 2.22. The van der Waals surface area contributed by atoms with Crippen molar-refractivity contribution in [2.45, 2.75) is 55.7 Å². The van der Waals surface area contributed by atoms with Gasteiger partial charge in [0.15, 0.2) is 0 Å². The van der Waals surface area contributed by atoms with Gasteiger partial charge in [0.1, 0.15) is 4.21 Å². The summed E-state index contributed by atoms with van der Waals surface area (Å²) in [5.74, 6) is 1.15. The lowest BCUT2D eigenvalue weighted by Crippen LogP contribution is -2.29. The van der Waals surface area contributed by atoms with E-state index < -0.39 is 10.0 Å². The largest absolute Gasteiger partial charge is 0.310 e. The van der Waals surface area contributed by atoms with Crippen LogP contribution in [0.5, 0.6) is 0 Å². The van der Waals surface area contributed by atoms with Gasteiger partial charge in [0.05, 0.1) is 0 Å². The molecule has 1 saturated heterocycles. The molecular weight excluding hydrogens is 324 g/mol. The van der Waals surface area contributed by atoms with Crippen molar-refractivity contribution in [1.29, 1.82) is 0 Å². The van der Waals surface area contributed by atoms with Gasteiger partial charge in [0.2, 0.25) is 10.0 Å². The molecule has 4 nitrogen and oxygen atoms in total. The Labute approximate surface area is 136 Å². The Hall–Kier alpha value is -0.0800. The molecule has 2 heterocycles. The van der Waals surface area contributed by atoms with Crippen LogP contribution in [0, 0.1) is 6.92 Å². The van der Waals surface area contributed by atoms with Gasteiger partial charge >= 0.3 is 0 Å². The maximum Gasteiger partial charge on any atom is 0.250 e. The molecule has 1 atom stereocenters. The van der Waals surface area contributed by atoms with Gasteiger partial charge in [-0.2, -0.15) is 11.8 Å². The van der Waals surface area contributed by atoms with Gasteiger partial charge in [-0.1, -0.05) is 13.8 Å². The lowest BCUT2D eigenvalue weighted by molar-refractivity contribution is 0.581. The second-order valence-electron chi connectivity index (χ2n) is 5.69. The molecule has 0 radical (unpaired) electrons. The molecule has 7 heteroatoms. The molecule has 1 aromatic heterocycles. The maximum atomic E-state index is 12.4. The van der Waals surface area contributed by atoms with E-state index in [9.17, 15) is 8.42 Å². The van der Waals surface area contributed by atoms with E-state index in [1.165, 1.54) is 17.8 Å². The van der Waals surface area contributed by atoms with E-state index in [0.29, 0.717) is 22.0 Å². The molecule has 120 valence electrons. The zero-order valence-corrected chi connectivity index (χ0v) is 15.3. The van der Waals surface area contributed by atoms with Crippen LogP contribution in [0.2, 0.25) is 0 Å². The summed E-state index contributed by atoms with van der Waals surface area (Å²) in [6.45, 7) is 7.41. The number of hydrogen-bond acceptors (Lipinski definition) is 5. The Bertz CT molecular complexity index is 561. The summed E-state index contributed by atoms with van der Waals surface area (Å²) in [7, 11) is -3.36. The van der Waals surface area contributed by atoms with Crippen LogP contribution in [0.3, 0.4) is 0 Å². The van der Waals surface area contributed by atoms with E-state index in [1.807, 2.05) is 18.7 Å². The van der Waals surface area contributed by atoms with Crippen LogP contribution >= 0.6 is 23.1 Å². The first-order chi connectivity index (χ1) is 9.88. The van der Waals surface area contributed by atoms with E-state index in [0.717, 1.165) is 29.2 Å². The first kappa shape index (κ1) is 17.3. The van der Waals surface area contributed by atoms with Crippen LogP contribution in [0.1, 0.15) is 37.1 Å². The molecule has 0 bridgehead atoms. The van der Waals surface area contributed by atoms with Crippen LogP contribution in [0.25, 0.3) is 0 Å². The minimum atomic E-state index is -3.36. The fourth-order valence-corrected chi connectivity index (χ4v) is 6.15. The quantitative estimate of drug-likeness (QED) is 0.795. The molecule has 0 spiro atoms. The zero-order valence-electron chi connectivity index (χ0n) is 12.8. The second-order valence-corrected chi connectivity index (χ2v) is 10.2.